The summed E-state index contributed by atoms with van der Waals surface area (Å²) in [7, 11) is 0. The summed E-state index contributed by atoms with van der Waals surface area (Å²) >= 11 is 7.44. The van der Waals surface area contributed by atoms with Crippen LogP contribution in [0.25, 0.3) is 17.4 Å². The Labute approximate surface area is 241 Å². The highest BCUT2D eigenvalue weighted by Crippen LogP contribution is 2.33. The molecule has 1 aliphatic heterocycles. The number of thiazole rings is 1. The average molecular weight is 575 g/mol. The molecule has 8 heteroatoms. The van der Waals surface area contributed by atoms with Gasteiger partial charge in [-0.25, -0.2) is 9.79 Å². The molecule has 0 N–H and O–H groups in total. The van der Waals surface area contributed by atoms with Crippen molar-refractivity contribution in [2.24, 2.45) is 4.99 Å². The van der Waals surface area contributed by atoms with Crippen molar-refractivity contribution in [2.45, 2.75) is 52.5 Å². The van der Waals surface area contributed by atoms with Crippen molar-refractivity contribution in [3.8, 4) is 11.3 Å². The molecule has 0 saturated carbocycles. The molecule has 0 amide bonds. The first kappa shape index (κ1) is 27.9. The number of halogens is 1. The van der Waals surface area contributed by atoms with Crippen LogP contribution in [0.1, 0.15) is 69.4 Å². The Balaban J connectivity index is 1.67. The van der Waals surface area contributed by atoms with Gasteiger partial charge in [0.1, 0.15) is 11.5 Å². The highest BCUT2D eigenvalue weighted by atomic mass is 35.5. The average Bonchev–Trinajstić information content (AvgIpc) is 3.53. The van der Waals surface area contributed by atoms with E-state index in [4.69, 9.17) is 25.7 Å². The Bertz CT molecular complexity index is 1760. The van der Waals surface area contributed by atoms with Gasteiger partial charge in [-0.05, 0) is 54.7 Å². The minimum Gasteiger partial charge on any atom is -0.463 e. The standard InChI is InChI=1S/C32H31ClN2O4S/c1-5-8-25-28(31(37)38-6-2)29(21-13-11-20(12-14-21)19(3)4)35-30(36)27(40-32(35)34-25)18-24-15-16-26(39-24)22-9-7-10-23(33)17-22/h7,9-19,29H,5-6,8H2,1-4H3/b27-18-/t29-/m0/s1. The molecule has 4 aromatic rings. The van der Waals surface area contributed by atoms with Crippen LogP contribution in [0, 0.1) is 0 Å². The van der Waals surface area contributed by atoms with Crippen LogP contribution in [0.5, 0.6) is 0 Å². The molecule has 1 atom stereocenters. The van der Waals surface area contributed by atoms with E-state index < -0.39 is 12.0 Å². The molecular formula is C32H31ClN2O4S. The summed E-state index contributed by atoms with van der Waals surface area (Å²) in [5.74, 6) is 1.10. The first-order valence-electron chi connectivity index (χ1n) is 13.5. The van der Waals surface area contributed by atoms with Gasteiger partial charge in [-0.3, -0.25) is 9.36 Å². The van der Waals surface area contributed by atoms with Crippen LogP contribution in [0.15, 0.2) is 86.1 Å². The summed E-state index contributed by atoms with van der Waals surface area (Å²) in [6, 6.07) is 18.5. The molecule has 0 spiro atoms. The molecule has 1 aliphatic rings. The number of ether oxygens (including phenoxy) is 1. The fraction of sp³-hybridized carbons (Fsp3) is 0.281. The maximum atomic E-state index is 13.9. The predicted molar refractivity (Wildman–Crippen MR) is 159 cm³/mol. The monoisotopic (exact) mass is 574 g/mol. The van der Waals surface area contributed by atoms with Crippen molar-refractivity contribution in [3.05, 3.63) is 114 Å². The van der Waals surface area contributed by atoms with Crippen LogP contribution in [0.3, 0.4) is 0 Å². The Morgan fingerprint density at radius 1 is 1.15 bits per heavy atom. The smallest absolute Gasteiger partial charge is 0.338 e. The highest BCUT2D eigenvalue weighted by Gasteiger charge is 2.34. The van der Waals surface area contributed by atoms with Crippen molar-refractivity contribution in [3.63, 3.8) is 0 Å². The lowest BCUT2D eigenvalue weighted by Crippen LogP contribution is -2.40. The number of fused-ring (bicyclic) bond motifs is 1. The van der Waals surface area contributed by atoms with Gasteiger partial charge >= 0.3 is 5.97 Å². The van der Waals surface area contributed by atoms with Gasteiger partial charge in [-0.2, -0.15) is 0 Å². The second-order valence-electron chi connectivity index (χ2n) is 9.95. The van der Waals surface area contributed by atoms with Crippen LogP contribution >= 0.6 is 22.9 Å². The van der Waals surface area contributed by atoms with Crippen molar-refractivity contribution in [1.29, 1.82) is 0 Å². The minimum atomic E-state index is -0.640. The van der Waals surface area contributed by atoms with E-state index in [0.717, 1.165) is 17.5 Å². The van der Waals surface area contributed by atoms with E-state index in [2.05, 4.69) is 26.0 Å². The Hall–Kier alpha value is -3.68. The van der Waals surface area contributed by atoms with E-state index in [9.17, 15) is 9.59 Å². The summed E-state index contributed by atoms with van der Waals surface area (Å²) in [4.78, 5) is 32.6. The highest BCUT2D eigenvalue weighted by molar-refractivity contribution is 7.07. The number of hydrogen-bond donors (Lipinski definition) is 0. The van der Waals surface area contributed by atoms with E-state index in [1.54, 1.807) is 23.6 Å². The van der Waals surface area contributed by atoms with Gasteiger partial charge in [-0.1, -0.05) is 86.5 Å². The van der Waals surface area contributed by atoms with Crippen molar-refractivity contribution in [2.75, 3.05) is 6.61 Å². The van der Waals surface area contributed by atoms with Crippen LogP contribution < -0.4 is 14.9 Å². The Morgan fingerprint density at radius 3 is 2.60 bits per heavy atom. The number of aromatic nitrogens is 1. The maximum Gasteiger partial charge on any atom is 0.338 e. The number of allylic oxidation sites excluding steroid dienone is 1. The minimum absolute atomic E-state index is 0.235. The van der Waals surface area contributed by atoms with E-state index in [1.165, 1.54) is 16.9 Å². The number of rotatable bonds is 8. The SMILES string of the molecule is CCCC1=C(C(=O)OCC)[C@H](c2ccc(C(C)C)cc2)n2c(s/c(=C\c3ccc(-c4cccc(Cl)c4)o3)c2=O)=N1. The molecule has 0 radical (unpaired) electrons. The van der Waals surface area contributed by atoms with Crippen molar-refractivity contribution >= 4 is 35.0 Å². The lowest BCUT2D eigenvalue weighted by Gasteiger charge is -2.26. The third-order valence-electron chi connectivity index (χ3n) is 6.82. The van der Waals surface area contributed by atoms with Crippen molar-refractivity contribution in [1.82, 2.24) is 4.57 Å². The fourth-order valence-corrected chi connectivity index (χ4v) is 6.05. The number of carbonyl (C=O) groups is 1. The second-order valence-corrected chi connectivity index (χ2v) is 11.4. The normalized spacial score (nSPS) is 15.3. The van der Waals surface area contributed by atoms with Crippen LogP contribution in [-0.2, 0) is 9.53 Å². The van der Waals surface area contributed by atoms with Crippen LogP contribution in [-0.4, -0.2) is 17.1 Å². The van der Waals surface area contributed by atoms with Gasteiger partial charge in [-0.15, -0.1) is 0 Å². The summed E-state index contributed by atoms with van der Waals surface area (Å²) in [5, 5.41) is 0.616. The van der Waals surface area contributed by atoms with E-state index in [1.807, 2.05) is 49.4 Å². The molecule has 206 valence electrons. The number of hydrogen-bond acceptors (Lipinski definition) is 6. The first-order valence-corrected chi connectivity index (χ1v) is 14.7. The number of nitrogens with zero attached hydrogens (tertiary/aromatic N) is 2. The molecule has 0 fully saturated rings. The lowest BCUT2D eigenvalue weighted by atomic mass is 9.92. The molecule has 5 rings (SSSR count). The number of carbonyl (C=O) groups excluding carboxylic acids is 1. The van der Waals surface area contributed by atoms with Gasteiger partial charge < -0.3 is 9.15 Å². The molecule has 6 nitrogen and oxygen atoms in total. The number of furan rings is 1. The quantitative estimate of drug-likeness (QED) is 0.222. The van der Waals surface area contributed by atoms with E-state index in [-0.39, 0.29) is 12.2 Å². The molecule has 40 heavy (non-hydrogen) atoms. The van der Waals surface area contributed by atoms with Crippen LogP contribution in [0.2, 0.25) is 5.02 Å². The summed E-state index contributed by atoms with van der Waals surface area (Å²) in [6.07, 6.45) is 3.12. The molecule has 3 heterocycles. The lowest BCUT2D eigenvalue weighted by molar-refractivity contribution is -0.139. The van der Waals surface area contributed by atoms with Gasteiger partial charge in [0, 0.05) is 16.7 Å². The topological polar surface area (TPSA) is 73.8 Å². The third-order valence-corrected chi connectivity index (χ3v) is 8.04. The Morgan fingerprint density at radius 2 is 1.93 bits per heavy atom. The summed E-state index contributed by atoms with van der Waals surface area (Å²) in [6.45, 7) is 8.32. The fourth-order valence-electron chi connectivity index (χ4n) is 4.86. The van der Waals surface area contributed by atoms with Gasteiger partial charge in [0.2, 0.25) is 0 Å². The number of benzene rings is 2. The van der Waals surface area contributed by atoms with E-state index >= 15 is 0 Å². The van der Waals surface area contributed by atoms with Gasteiger partial charge in [0.25, 0.3) is 5.56 Å². The molecule has 0 saturated heterocycles. The maximum absolute atomic E-state index is 13.9. The second kappa shape index (κ2) is 11.8. The first-order chi connectivity index (χ1) is 19.3. The largest absolute Gasteiger partial charge is 0.463 e. The molecule has 0 aliphatic carbocycles. The Kier molecular flexibility index (Phi) is 8.24. The number of esters is 1. The molecular weight excluding hydrogens is 544 g/mol. The van der Waals surface area contributed by atoms with E-state index in [0.29, 0.717) is 49.5 Å². The molecule has 0 unspecified atom stereocenters. The van der Waals surface area contributed by atoms with Gasteiger partial charge in [0.05, 0.1) is 28.5 Å². The summed E-state index contributed by atoms with van der Waals surface area (Å²) in [5.41, 5.74) is 3.71. The zero-order chi connectivity index (χ0) is 28.4. The zero-order valence-electron chi connectivity index (χ0n) is 22.9. The van der Waals surface area contributed by atoms with Gasteiger partial charge in [0.15, 0.2) is 4.80 Å². The van der Waals surface area contributed by atoms with Crippen molar-refractivity contribution < 1.29 is 13.9 Å². The van der Waals surface area contributed by atoms with Crippen LogP contribution in [0.4, 0.5) is 0 Å². The third kappa shape index (κ3) is 5.49. The molecule has 0 bridgehead atoms. The predicted octanol–water partition coefficient (Wildman–Crippen LogP) is 6.62. The molecule has 2 aromatic carbocycles. The summed E-state index contributed by atoms with van der Waals surface area (Å²) < 4.78 is 13.6. The molecule has 2 aromatic heterocycles. The zero-order valence-corrected chi connectivity index (χ0v) is 24.5.